The number of fused-ring (bicyclic) bond motifs is 1. The van der Waals surface area contributed by atoms with Crippen LogP contribution in [0.3, 0.4) is 0 Å². The second-order valence-electron chi connectivity index (χ2n) is 7.76. The number of aryl methyl sites for hydroxylation is 1. The van der Waals surface area contributed by atoms with Gasteiger partial charge in [0, 0.05) is 25.3 Å². The highest BCUT2D eigenvalue weighted by Gasteiger charge is 2.27. The van der Waals surface area contributed by atoms with Gasteiger partial charge in [0.15, 0.2) is 5.65 Å². The van der Waals surface area contributed by atoms with Gasteiger partial charge in [0.1, 0.15) is 0 Å². The minimum atomic E-state index is -0.558. The third-order valence-electron chi connectivity index (χ3n) is 5.41. The van der Waals surface area contributed by atoms with E-state index in [0.29, 0.717) is 29.9 Å². The molecular weight excluding hydrogens is 358 g/mol. The van der Waals surface area contributed by atoms with Crippen molar-refractivity contribution >= 4 is 16.9 Å². The summed E-state index contributed by atoms with van der Waals surface area (Å²) in [4.78, 5) is 47.1. The highest BCUT2D eigenvalue weighted by atomic mass is 16.2. The largest absolute Gasteiger partial charge is 0.339 e. The van der Waals surface area contributed by atoms with E-state index < -0.39 is 11.2 Å². The zero-order valence-corrected chi connectivity index (χ0v) is 17.0. The van der Waals surface area contributed by atoms with Crippen LogP contribution >= 0.6 is 0 Å². The van der Waals surface area contributed by atoms with Crippen molar-refractivity contribution in [2.75, 3.05) is 20.1 Å². The number of nitrogens with one attached hydrogen (secondary N) is 2. The van der Waals surface area contributed by atoms with Crippen molar-refractivity contribution in [3.05, 3.63) is 38.2 Å². The molecule has 2 N–H and O–H groups in total. The Morgan fingerprint density at radius 2 is 2.00 bits per heavy atom. The van der Waals surface area contributed by atoms with Crippen LogP contribution in [0.25, 0.3) is 11.0 Å². The molecule has 0 radical (unpaired) electrons. The number of carbonyl (C=O) groups excluding carboxylic acids is 1. The Morgan fingerprint density at radius 3 is 2.61 bits per heavy atom. The summed E-state index contributed by atoms with van der Waals surface area (Å²) in [5, 5.41) is 3.50. The van der Waals surface area contributed by atoms with Crippen molar-refractivity contribution < 1.29 is 4.79 Å². The van der Waals surface area contributed by atoms with Crippen molar-refractivity contribution in [3.8, 4) is 0 Å². The number of carbonyl (C=O) groups is 1. The van der Waals surface area contributed by atoms with E-state index in [1.807, 2.05) is 20.8 Å². The first-order chi connectivity index (χ1) is 13.3. The van der Waals surface area contributed by atoms with Crippen LogP contribution in [0.2, 0.25) is 0 Å². The van der Waals surface area contributed by atoms with E-state index in [0.717, 1.165) is 25.9 Å². The fourth-order valence-corrected chi connectivity index (χ4v) is 3.74. The van der Waals surface area contributed by atoms with Crippen molar-refractivity contribution in [3.63, 3.8) is 0 Å². The molecule has 1 aliphatic rings. The topological polar surface area (TPSA) is 100 Å². The molecule has 0 aliphatic carbocycles. The molecule has 0 atom stereocenters. The lowest BCUT2D eigenvalue weighted by Gasteiger charge is -2.32. The van der Waals surface area contributed by atoms with Gasteiger partial charge in [-0.3, -0.25) is 19.1 Å². The Morgan fingerprint density at radius 1 is 1.32 bits per heavy atom. The van der Waals surface area contributed by atoms with Gasteiger partial charge in [-0.05, 0) is 44.3 Å². The fourth-order valence-electron chi connectivity index (χ4n) is 3.74. The minimum absolute atomic E-state index is 0.0598. The first-order valence-corrected chi connectivity index (χ1v) is 10.0. The van der Waals surface area contributed by atoms with Gasteiger partial charge in [-0.1, -0.05) is 20.8 Å². The van der Waals surface area contributed by atoms with Gasteiger partial charge < -0.3 is 10.2 Å². The fraction of sp³-hybridized carbons (Fsp3) is 0.600. The lowest BCUT2D eigenvalue weighted by atomic mass is 10.0. The lowest BCUT2D eigenvalue weighted by Crippen LogP contribution is -2.44. The van der Waals surface area contributed by atoms with E-state index in [9.17, 15) is 14.4 Å². The van der Waals surface area contributed by atoms with E-state index >= 15 is 0 Å². The molecule has 3 rings (SSSR count). The highest BCUT2D eigenvalue weighted by Crippen LogP contribution is 2.22. The van der Waals surface area contributed by atoms with Gasteiger partial charge >= 0.3 is 5.69 Å². The predicted molar refractivity (Wildman–Crippen MR) is 109 cm³/mol. The van der Waals surface area contributed by atoms with Gasteiger partial charge in [0.05, 0.1) is 10.9 Å². The third kappa shape index (κ3) is 3.73. The summed E-state index contributed by atoms with van der Waals surface area (Å²) >= 11 is 0. The number of pyridine rings is 1. The van der Waals surface area contributed by atoms with E-state index in [4.69, 9.17) is 0 Å². The standard InChI is InChI=1S/C20H29N5O3/c1-5-10-25-17-16(18(26)23-20(25)28)14(11-15(22-17)12(2)3)19(27)24(4)13-6-8-21-9-7-13/h11-13,21H,5-10H2,1-4H3,(H,23,26,28). The van der Waals surface area contributed by atoms with Crippen LogP contribution in [-0.2, 0) is 6.54 Å². The Kier molecular flexibility index (Phi) is 5.98. The van der Waals surface area contributed by atoms with E-state index in [-0.39, 0.29) is 23.3 Å². The molecule has 2 aromatic rings. The molecule has 28 heavy (non-hydrogen) atoms. The van der Waals surface area contributed by atoms with Crippen LogP contribution in [0.4, 0.5) is 0 Å². The second-order valence-corrected chi connectivity index (χ2v) is 7.76. The number of aromatic nitrogens is 3. The van der Waals surface area contributed by atoms with Crippen molar-refractivity contribution in [2.45, 2.75) is 58.5 Å². The van der Waals surface area contributed by atoms with Crippen molar-refractivity contribution in [2.24, 2.45) is 0 Å². The molecule has 8 nitrogen and oxygen atoms in total. The van der Waals surface area contributed by atoms with Gasteiger partial charge in [-0.2, -0.15) is 0 Å². The highest BCUT2D eigenvalue weighted by molar-refractivity contribution is 6.05. The van der Waals surface area contributed by atoms with Crippen LogP contribution in [0.15, 0.2) is 15.7 Å². The molecule has 0 unspecified atom stereocenters. The minimum Gasteiger partial charge on any atom is -0.339 e. The van der Waals surface area contributed by atoms with Gasteiger partial charge in [0.25, 0.3) is 11.5 Å². The molecule has 0 aromatic carbocycles. The van der Waals surface area contributed by atoms with Crippen molar-refractivity contribution in [1.82, 2.24) is 24.8 Å². The number of aromatic amines is 1. The summed E-state index contributed by atoms with van der Waals surface area (Å²) in [6.45, 7) is 8.08. The van der Waals surface area contributed by atoms with Crippen LogP contribution in [0, 0.1) is 0 Å². The molecular formula is C20H29N5O3. The van der Waals surface area contributed by atoms with Gasteiger partial charge in [0.2, 0.25) is 0 Å². The summed E-state index contributed by atoms with van der Waals surface area (Å²) in [5.41, 5.74) is 0.268. The average molecular weight is 387 g/mol. The smallest absolute Gasteiger partial charge is 0.329 e. The molecule has 3 heterocycles. The van der Waals surface area contributed by atoms with Crippen LogP contribution < -0.4 is 16.6 Å². The molecule has 1 amide bonds. The van der Waals surface area contributed by atoms with Crippen molar-refractivity contribution in [1.29, 1.82) is 0 Å². The number of hydrogen-bond donors (Lipinski definition) is 2. The number of H-pyrrole nitrogens is 1. The number of rotatable bonds is 5. The molecule has 0 spiro atoms. The maximum atomic E-state index is 13.4. The maximum absolute atomic E-state index is 13.4. The molecule has 0 saturated carbocycles. The van der Waals surface area contributed by atoms with E-state index in [1.54, 1.807) is 18.0 Å². The molecule has 2 aromatic heterocycles. The Balaban J connectivity index is 2.22. The second kappa shape index (κ2) is 8.26. The zero-order valence-electron chi connectivity index (χ0n) is 17.0. The molecule has 0 bridgehead atoms. The Labute approximate surface area is 164 Å². The Hall–Kier alpha value is -2.48. The monoisotopic (exact) mass is 387 g/mol. The molecule has 1 aliphatic heterocycles. The molecule has 1 fully saturated rings. The average Bonchev–Trinajstić information content (AvgIpc) is 2.69. The summed E-state index contributed by atoms with van der Waals surface area (Å²) in [5.74, 6) is -0.141. The molecule has 152 valence electrons. The summed E-state index contributed by atoms with van der Waals surface area (Å²) in [6.07, 6.45) is 2.46. The third-order valence-corrected chi connectivity index (χ3v) is 5.41. The molecule has 1 saturated heterocycles. The van der Waals surface area contributed by atoms with Gasteiger partial charge in [-0.25, -0.2) is 9.78 Å². The predicted octanol–water partition coefficient (Wildman–Crippen LogP) is 1.44. The summed E-state index contributed by atoms with van der Waals surface area (Å²) < 4.78 is 1.46. The quantitative estimate of drug-likeness (QED) is 0.809. The van der Waals surface area contributed by atoms with Gasteiger partial charge in [-0.15, -0.1) is 0 Å². The SMILES string of the molecule is CCCn1c(=O)[nH]c(=O)c2c(C(=O)N(C)C3CCNCC3)cc(C(C)C)nc21. The summed E-state index contributed by atoms with van der Waals surface area (Å²) in [6, 6.07) is 1.84. The number of amides is 1. The number of nitrogens with zero attached hydrogens (tertiary/aromatic N) is 3. The number of hydrogen-bond acceptors (Lipinski definition) is 5. The lowest BCUT2D eigenvalue weighted by molar-refractivity contribution is 0.0705. The number of piperidine rings is 1. The van der Waals surface area contributed by atoms with Crippen LogP contribution in [0.5, 0.6) is 0 Å². The van der Waals surface area contributed by atoms with Crippen LogP contribution in [0.1, 0.15) is 62.0 Å². The first-order valence-electron chi connectivity index (χ1n) is 10.0. The summed E-state index contributed by atoms with van der Waals surface area (Å²) in [7, 11) is 1.79. The Bertz CT molecular complexity index is 986. The maximum Gasteiger partial charge on any atom is 0.329 e. The van der Waals surface area contributed by atoms with E-state index in [2.05, 4.69) is 15.3 Å². The zero-order chi connectivity index (χ0) is 20.4. The normalized spacial score (nSPS) is 15.3. The molecule has 8 heteroatoms. The van der Waals surface area contributed by atoms with E-state index in [1.165, 1.54) is 4.57 Å². The first kappa shape index (κ1) is 20.3. The van der Waals surface area contributed by atoms with Crippen LogP contribution in [-0.4, -0.2) is 51.5 Å².